The molecule has 5 heteroatoms. The van der Waals surface area contributed by atoms with Crippen LogP contribution in [0.2, 0.25) is 0 Å². The van der Waals surface area contributed by atoms with Gasteiger partial charge in [0.05, 0.1) is 4.47 Å². The first-order valence-corrected chi connectivity index (χ1v) is 5.23. The second-order valence-electron chi connectivity index (χ2n) is 3.09. The maximum Gasteiger partial charge on any atom is 0.231 e. The number of carbonyl (C=O) groups is 1. The summed E-state index contributed by atoms with van der Waals surface area (Å²) in [6.07, 6.45) is 1.34. The van der Waals surface area contributed by atoms with E-state index < -0.39 is 0 Å². The van der Waals surface area contributed by atoms with E-state index in [0.717, 1.165) is 6.29 Å². The lowest BCUT2D eigenvalue weighted by Crippen LogP contribution is -1.97. The van der Waals surface area contributed by atoms with Crippen LogP contribution in [0.15, 0.2) is 10.5 Å². The molecule has 0 radical (unpaired) electrons. The van der Waals surface area contributed by atoms with Crippen molar-refractivity contribution in [1.29, 1.82) is 0 Å². The van der Waals surface area contributed by atoms with Crippen molar-refractivity contribution >= 4 is 22.2 Å². The monoisotopic (exact) mass is 274 g/mol. The van der Waals surface area contributed by atoms with Crippen molar-refractivity contribution in [2.24, 2.45) is 0 Å². The Morgan fingerprint density at radius 2 is 2.33 bits per heavy atom. The minimum absolute atomic E-state index is 0.0965. The molecule has 0 aromatic heterocycles. The third-order valence-electron chi connectivity index (χ3n) is 2.16. The second-order valence-corrected chi connectivity index (χ2v) is 3.94. The molecule has 15 heavy (non-hydrogen) atoms. The first-order chi connectivity index (χ1) is 7.24. The predicted octanol–water partition coefficient (Wildman–Crippen LogP) is 2.45. The molecule has 0 atom stereocenters. The predicted molar refractivity (Wildman–Crippen MR) is 54.6 cm³/mol. The van der Waals surface area contributed by atoms with E-state index in [4.69, 9.17) is 9.47 Å². The van der Waals surface area contributed by atoms with Crippen LogP contribution in [0, 0.1) is 5.82 Å². The van der Waals surface area contributed by atoms with E-state index in [2.05, 4.69) is 15.9 Å². The quantitative estimate of drug-likeness (QED) is 0.795. The summed E-state index contributed by atoms with van der Waals surface area (Å²) in [6.45, 7) is 0.0965. The molecule has 1 aromatic rings. The molecule has 0 fully saturated rings. The first-order valence-electron chi connectivity index (χ1n) is 4.44. The van der Waals surface area contributed by atoms with Crippen LogP contribution in [0.4, 0.5) is 4.39 Å². The van der Waals surface area contributed by atoms with E-state index in [1.807, 2.05) is 0 Å². The maximum atomic E-state index is 13.7. The zero-order chi connectivity index (χ0) is 10.8. The number of halogens is 2. The van der Waals surface area contributed by atoms with Crippen molar-refractivity contribution in [3.05, 3.63) is 21.9 Å². The van der Waals surface area contributed by atoms with Crippen LogP contribution in [0.5, 0.6) is 11.5 Å². The molecule has 0 bridgehead atoms. The molecule has 80 valence electrons. The molecule has 0 amide bonds. The molecule has 0 saturated carbocycles. The Labute approximate surface area is 94.3 Å². The van der Waals surface area contributed by atoms with Crippen molar-refractivity contribution in [2.45, 2.75) is 12.8 Å². The summed E-state index contributed by atoms with van der Waals surface area (Å²) < 4.78 is 24.3. The summed E-state index contributed by atoms with van der Waals surface area (Å²) in [5, 5.41) is 0. The zero-order valence-electron chi connectivity index (χ0n) is 7.76. The lowest BCUT2D eigenvalue weighted by Gasteiger charge is -2.07. The molecule has 1 aliphatic heterocycles. The van der Waals surface area contributed by atoms with Crippen LogP contribution in [0.25, 0.3) is 0 Å². The van der Waals surface area contributed by atoms with Gasteiger partial charge in [-0.1, -0.05) is 0 Å². The number of rotatable bonds is 3. The van der Waals surface area contributed by atoms with Crippen molar-refractivity contribution < 1.29 is 18.7 Å². The van der Waals surface area contributed by atoms with Gasteiger partial charge in [0.1, 0.15) is 12.1 Å². The molecular weight excluding hydrogens is 267 g/mol. The number of carbonyl (C=O) groups excluding carboxylic acids is 1. The van der Waals surface area contributed by atoms with Crippen molar-refractivity contribution in [1.82, 2.24) is 0 Å². The fourth-order valence-electron chi connectivity index (χ4n) is 1.48. The van der Waals surface area contributed by atoms with Gasteiger partial charge in [-0.15, -0.1) is 0 Å². The summed E-state index contributed by atoms with van der Waals surface area (Å²) in [5.74, 6) is 0.544. The van der Waals surface area contributed by atoms with Gasteiger partial charge in [0.2, 0.25) is 6.79 Å². The van der Waals surface area contributed by atoms with Gasteiger partial charge in [-0.3, -0.25) is 0 Å². The van der Waals surface area contributed by atoms with Crippen LogP contribution in [0.3, 0.4) is 0 Å². The third kappa shape index (κ3) is 1.84. The summed E-state index contributed by atoms with van der Waals surface area (Å²) in [5.41, 5.74) is 0.393. The Bertz CT molecular complexity index is 406. The lowest BCUT2D eigenvalue weighted by atomic mass is 10.1. The molecule has 0 N–H and O–H groups in total. The SMILES string of the molecule is O=CCCc1c(F)c(Br)cc2c1OCO2. The van der Waals surface area contributed by atoms with Gasteiger partial charge in [-0.25, -0.2) is 4.39 Å². The highest BCUT2D eigenvalue weighted by Crippen LogP contribution is 2.41. The standard InChI is InChI=1S/C10H8BrFO3/c11-7-4-8-10(15-5-14-8)6(9(7)12)2-1-3-13/h3-4H,1-2,5H2. The van der Waals surface area contributed by atoms with E-state index in [9.17, 15) is 9.18 Å². The molecule has 1 aromatic carbocycles. The van der Waals surface area contributed by atoms with Gasteiger partial charge in [0.15, 0.2) is 11.5 Å². The lowest BCUT2D eigenvalue weighted by molar-refractivity contribution is -0.107. The fourth-order valence-corrected chi connectivity index (χ4v) is 1.93. The normalized spacial score (nSPS) is 12.9. The van der Waals surface area contributed by atoms with Gasteiger partial charge in [-0.05, 0) is 22.4 Å². The number of aldehydes is 1. The Morgan fingerprint density at radius 3 is 3.07 bits per heavy atom. The van der Waals surface area contributed by atoms with E-state index in [1.165, 1.54) is 6.07 Å². The highest BCUT2D eigenvalue weighted by atomic mass is 79.9. The van der Waals surface area contributed by atoms with Gasteiger partial charge in [0.25, 0.3) is 0 Å². The smallest absolute Gasteiger partial charge is 0.231 e. The van der Waals surface area contributed by atoms with Crippen LogP contribution in [0.1, 0.15) is 12.0 Å². The molecule has 0 saturated heterocycles. The number of fused-ring (bicyclic) bond motifs is 1. The first kappa shape index (κ1) is 10.4. The topological polar surface area (TPSA) is 35.5 Å². The molecule has 0 spiro atoms. The Morgan fingerprint density at radius 1 is 1.53 bits per heavy atom. The number of hydrogen-bond acceptors (Lipinski definition) is 3. The summed E-state index contributed by atoms with van der Waals surface area (Å²) in [7, 11) is 0. The molecule has 2 rings (SSSR count). The Balaban J connectivity index is 2.45. The molecule has 3 nitrogen and oxygen atoms in total. The average Bonchev–Trinajstić information content (AvgIpc) is 2.66. The van der Waals surface area contributed by atoms with Crippen molar-refractivity contribution in [3.8, 4) is 11.5 Å². The van der Waals surface area contributed by atoms with E-state index in [1.54, 1.807) is 0 Å². The largest absolute Gasteiger partial charge is 0.454 e. The van der Waals surface area contributed by atoms with Crippen LogP contribution in [-0.4, -0.2) is 13.1 Å². The molecule has 0 unspecified atom stereocenters. The van der Waals surface area contributed by atoms with E-state index >= 15 is 0 Å². The Kier molecular flexibility index (Phi) is 2.90. The molecular formula is C10H8BrFO3. The highest BCUT2D eigenvalue weighted by Gasteiger charge is 2.23. The summed E-state index contributed by atoms with van der Waals surface area (Å²) >= 11 is 3.09. The second kappa shape index (κ2) is 4.18. The summed E-state index contributed by atoms with van der Waals surface area (Å²) in [6, 6.07) is 1.53. The summed E-state index contributed by atoms with van der Waals surface area (Å²) in [4.78, 5) is 10.3. The van der Waals surface area contributed by atoms with Crippen molar-refractivity contribution in [3.63, 3.8) is 0 Å². The number of ether oxygens (including phenoxy) is 2. The van der Waals surface area contributed by atoms with E-state index in [0.29, 0.717) is 28.0 Å². The minimum atomic E-state index is -0.388. The van der Waals surface area contributed by atoms with Crippen LogP contribution < -0.4 is 9.47 Å². The minimum Gasteiger partial charge on any atom is -0.454 e. The van der Waals surface area contributed by atoms with E-state index in [-0.39, 0.29) is 19.0 Å². The molecule has 1 heterocycles. The van der Waals surface area contributed by atoms with Crippen molar-refractivity contribution in [2.75, 3.05) is 6.79 Å². The number of hydrogen-bond donors (Lipinski definition) is 0. The van der Waals surface area contributed by atoms with Gasteiger partial charge >= 0.3 is 0 Å². The van der Waals surface area contributed by atoms with Crippen LogP contribution >= 0.6 is 15.9 Å². The van der Waals surface area contributed by atoms with Crippen LogP contribution in [-0.2, 0) is 11.2 Å². The average molecular weight is 275 g/mol. The van der Waals surface area contributed by atoms with Gasteiger partial charge < -0.3 is 14.3 Å². The third-order valence-corrected chi connectivity index (χ3v) is 2.74. The Hall–Kier alpha value is -1.10. The molecule has 0 aliphatic carbocycles. The zero-order valence-corrected chi connectivity index (χ0v) is 9.34. The fraction of sp³-hybridized carbons (Fsp3) is 0.300. The number of benzene rings is 1. The molecule has 1 aliphatic rings. The van der Waals surface area contributed by atoms with Gasteiger partial charge in [0, 0.05) is 18.1 Å². The van der Waals surface area contributed by atoms with Gasteiger partial charge in [-0.2, -0.15) is 0 Å². The highest BCUT2D eigenvalue weighted by molar-refractivity contribution is 9.10. The maximum absolute atomic E-state index is 13.7.